The Morgan fingerprint density at radius 2 is 2.05 bits per heavy atom. The molecule has 1 aliphatic carbocycles. The lowest BCUT2D eigenvalue weighted by atomic mass is 10.1. The van der Waals surface area contributed by atoms with E-state index < -0.39 is 10.0 Å². The molecule has 3 N–H and O–H groups in total. The van der Waals surface area contributed by atoms with Gasteiger partial charge >= 0.3 is 0 Å². The number of H-pyrrole nitrogens is 1. The lowest BCUT2D eigenvalue weighted by Crippen LogP contribution is -2.38. The first kappa shape index (κ1) is 16.8. The average molecular weight is 332 g/mol. The Morgan fingerprint density at radius 1 is 1.38 bits per heavy atom. The molecular formula is C13H24N4O2S2. The van der Waals surface area contributed by atoms with Crippen molar-refractivity contribution in [3.05, 3.63) is 11.4 Å². The Labute approximate surface area is 130 Å². The minimum Gasteiger partial charge on any atom is -0.314 e. The summed E-state index contributed by atoms with van der Waals surface area (Å²) in [4.78, 5) is 0.283. The van der Waals surface area contributed by atoms with E-state index in [4.69, 9.17) is 0 Å². The molecule has 0 unspecified atom stereocenters. The number of nitrogens with one attached hydrogen (secondary N) is 3. The van der Waals surface area contributed by atoms with Crippen molar-refractivity contribution in [1.82, 2.24) is 20.2 Å². The van der Waals surface area contributed by atoms with E-state index in [1.165, 1.54) is 12.8 Å². The molecule has 6 nitrogen and oxygen atoms in total. The SMILES string of the molecule is CNCc1n[nH]c(C)c1S(=O)(=O)NCC1(SC)CCCC1. The van der Waals surface area contributed by atoms with Crippen LogP contribution in [0, 0.1) is 6.92 Å². The van der Waals surface area contributed by atoms with Crippen LogP contribution < -0.4 is 10.0 Å². The summed E-state index contributed by atoms with van der Waals surface area (Å²) in [6.07, 6.45) is 6.57. The van der Waals surface area contributed by atoms with Gasteiger partial charge in [-0.05, 0) is 33.1 Å². The zero-order valence-electron chi connectivity index (χ0n) is 12.8. The Bertz CT molecular complexity index is 577. The number of nitrogens with zero attached hydrogens (tertiary/aromatic N) is 1. The van der Waals surface area contributed by atoms with Gasteiger partial charge in [-0.15, -0.1) is 0 Å². The van der Waals surface area contributed by atoms with Crippen molar-refractivity contribution in [2.24, 2.45) is 0 Å². The predicted octanol–water partition coefficient (Wildman–Crippen LogP) is 1.39. The van der Waals surface area contributed by atoms with Crippen LogP contribution in [0.2, 0.25) is 0 Å². The number of sulfonamides is 1. The number of thioether (sulfide) groups is 1. The molecule has 0 aromatic carbocycles. The van der Waals surface area contributed by atoms with Gasteiger partial charge in [-0.1, -0.05) is 12.8 Å². The summed E-state index contributed by atoms with van der Waals surface area (Å²) in [5, 5.41) is 9.79. The standard InChI is InChI=1S/C13H24N4O2S2/c1-10-12(11(8-14-2)17-16-10)21(18,19)15-9-13(20-3)6-4-5-7-13/h14-15H,4-9H2,1-3H3,(H,16,17). The second-order valence-electron chi connectivity index (χ2n) is 5.57. The summed E-state index contributed by atoms with van der Waals surface area (Å²) in [6, 6.07) is 0. The average Bonchev–Trinajstić information content (AvgIpc) is 3.05. The van der Waals surface area contributed by atoms with E-state index in [1.807, 2.05) is 0 Å². The minimum atomic E-state index is -3.53. The van der Waals surface area contributed by atoms with Crippen molar-refractivity contribution < 1.29 is 8.42 Å². The molecule has 0 atom stereocenters. The molecule has 1 aliphatic rings. The highest BCUT2D eigenvalue weighted by Crippen LogP contribution is 2.39. The molecule has 0 bridgehead atoms. The van der Waals surface area contributed by atoms with Crippen molar-refractivity contribution in [2.45, 2.75) is 48.8 Å². The maximum Gasteiger partial charge on any atom is 0.244 e. The zero-order valence-corrected chi connectivity index (χ0v) is 14.5. The number of hydrogen-bond donors (Lipinski definition) is 3. The van der Waals surface area contributed by atoms with Gasteiger partial charge in [-0.2, -0.15) is 16.9 Å². The number of aryl methyl sites for hydroxylation is 1. The van der Waals surface area contributed by atoms with Crippen LogP contribution in [-0.4, -0.2) is 43.2 Å². The molecule has 1 heterocycles. The summed E-state index contributed by atoms with van der Waals surface area (Å²) in [5.74, 6) is 0. The summed E-state index contributed by atoms with van der Waals surface area (Å²) >= 11 is 1.77. The van der Waals surface area contributed by atoms with Crippen LogP contribution in [0.1, 0.15) is 37.1 Å². The predicted molar refractivity (Wildman–Crippen MR) is 86.0 cm³/mol. The van der Waals surface area contributed by atoms with E-state index in [9.17, 15) is 8.42 Å². The van der Waals surface area contributed by atoms with Crippen LogP contribution in [-0.2, 0) is 16.6 Å². The second kappa shape index (κ2) is 6.68. The molecule has 0 aliphatic heterocycles. The largest absolute Gasteiger partial charge is 0.314 e. The molecular weight excluding hydrogens is 308 g/mol. The fourth-order valence-corrected chi connectivity index (χ4v) is 5.38. The molecule has 2 rings (SSSR count). The van der Waals surface area contributed by atoms with E-state index >= 15 is 0 Å². The highest BCUT2D eigenvalue weighted by Gasteiger charge is 2.35. The van der Waals surface area contributed by atoms with Crippen molar-refractivity contribution >= 4 is 21.8 Å². The van der Waals surface area contributed by atoms with E-state index in [0.717, 1.165) is 12.8 Å². The molecule has 21 heavy (non-hydrogen) atoms. The monoisotopic (exact) mass is 332 g/mol. The fourth-order valence-electron chi connectivity index (χ4n) is 2.88. The highest BCUT2D eigenvalue weighted by atomic mass is 32.2. The van der Waals surface area contributed by atoms with Gasteiger partial charge in [0.1, 0.15) is 4.90 Å². The number of aromatic amines is 1. The Balaban J connectivity index is 2.17. The minimum absolute atomic E-state index is 0.0495. The quantitative estimate of drug-likeness (QED) is 0.702. The van der Waals surface area contributed by atoms with Gasteiger partial charge in [0.05, 0.1) is 11.4 Å². The summed E-state index contributed by atoms with van der Waals surface area (Å²) < 4.78 is 28.1. The second-order valence-corrected chi connectivity index (χ2v) is 8.55. The number of aromatic nitrogens is 2. The van der Waals surface area contributed by atoms with Gasteiger partial charge in [0, 0.05) is 17.8 Å². The third kappa shape index (κ3) is 3.61. The van der Waals surface area contributed by atoms with Gasteiger partial charge in [0.2, 0.25) is 10.0 Å². The van der Waals surface area contributed by atoms with Crippen LogP contribution in [0.3, 0.4) is 0 Å². The summed E-state index contributed by atoms with van der Waals surface area (Å²) in [6.45, 7) is 2.65. The molecule has 1 aromatic rings. The number of rotatable bonds is 7. The lowest BCUT2D eigenvalue weighted by Gasteiger charge is -2.26. The fraction of sp³-hybridized carbons (Fsp3) is 0.769. The van der Waals surface area contributed by atoms with Crippen LogP contribution in [0.25, 0.3) is 0 Å². The Morgan fingerprint density at radius 3 is 2.62 bits per heavy atom. The molecule has 0 radical (unpaired) electrons. The van der Waals surface area contributed by atoms with Gasteiger partial charge in [-0.25, -0.2) is 13.1 Å². The highest BCUT2D eigenvalue weighted by molar-refractivity contribution is 8.00. The number of hydrogen-bond acceptors (Lipinski definition) is 5. The van der Waals surface area contributed by atoms with Crippen molar-refractivity contribution in [1.29, 1.82) is 0 Å². The van der Waals surface area contributed by atoms with Crippen LogP contribution >= 0.6 is 11.8 Å². The smallest absolute Gasteiger partial charge is 0.244 e. The van der Waals surface area contributed by atoms with Gasteiger partial charge in [-0.3, -0.25) is 5.10 Å². The van der Waals surface area contributed by atoms with Gasteiger partial charge in [0.25, 0.3) is 0 Å². The third-order valence-corrected chi connectivity index (χ3v) is 7.13. The van der Waals surface area contributed by atoms with E-state index in [1.54, 1.807) is 25.7 Å². The van der Waals surface area contributed by atoms with Crippen LogP contribution in [0.4, 0.5) is 0 Å². The zero-order chi connectivity index (χ0) is 15.5. The first-order valence-corrected chi connectivity index (χ1v) is 9.88. The molecule has 1 fully saturated rings. The normalized spacial score (nSPS) is 18.2. The van der Waals surface area contributed by atoms with Crippen LogP contribution in [0.5, 0.6) is 0 Å². The van der Waals surface area contributed by atoms with E-state index in [2.05, 4.69) is 26.5 Å². The van der Waals surface area contributed by atoms with E-state index in [0.29, 0.717) is 24.5 Å². The molecule has 1 aromatic heterocycles. The van der Waals surface area contributed by atoms with Gasteiger partial charge in [0.15, 0.2) is 0 Å². The topological polar surface area (TPSA) is 86.9 Å². The summed E-state index contributed by atoms with van der Waals surface area (Å²) in [7, 11) is -1.76. The maximum absolute atomic E-state index is 12.6. The Kier molecular flexibility index (Phi) is 5.34. The lowest BCUT2D eigenvalue weighted by molar-refractivity contribution is 0.549. The Hall–Kier alpha value is -0.570. The van der Waals surface area contributed by atoms with Crippen molar-refractivity contribution in [3.63, 3.8) is 0 Å². The molecule has 0 saturated heterocycles. The third-order valence-electron chi connectivity index (χ3n) is 4.11. The first-order valence-electron chi connectivity index (χ1n) is 7.17. The molecule has 0 spiro atoms. The van der Waals surface area contributed by atoms with Crippen molar-refractivity contribution in [3.8, 4) is 0 Å². The maximum atomic E-state index is 12.6. The molecule has 1 saturated carbocycles. The van der Waals surface area contributed by atoms with Crippen molar-refractivity contribution in [2.75, 3.05) is 19.8 Å². The molecule has 8 heteroatoms. The van der Waals surface area contributed by atoms with Crippen LogP contribution in [0.15, 0.2) is 4.90 Å². The van der Waals surface area contributed by atoms with Gasteiger partial charge < -0.3 is 5.32 Å². The first-order chi connectivity index (χ1) is 9.94. The molecule has 0 amide bonds. The molecule has 120 valence electrons. The van der Waals surface area contributed by atoms with E-state index in [-0.39, 0.29) is 9.64 Å². The summed E-state index contributed by atoms with van der Waals surface area (Å²) in [5.41, 5.74) is 1.12.